The summed E-state index contributed by atoms with van der Waals surface area (Å²) in [6, 6.07) is 9.35. The Hall–Kier alpha value is -2.56. The van der Waals surface area contributed by atoms with Crippen molar-refractivity contribution in [1.29, 1.82) is 5.26 Å². The molecule has 3 rings (SSSR count). The van der Waals surface area contributed by atoms with Crippen molar-refractivity contribution in [2.24, 2.45) is 0 Å². The van der Waals surface area contributed by atoms with E-state index in [-0.39, 0.29) is 5.56 Å². The fourth-order valence-corrected chi connectivity index (χ4v) is 3.64. The Morgan fingerprint density at radius 2 is 2.22 bits per heavy atom. The second-order valence-electron chi connectivity index (χ2n) is 4.87. The second-order valence-corrected chi connectivity index (χ2v) is 6.51. The van der Waals surface area contributed by atoms with Crippen molar-refractivity contribution >= 4 is 33.9 Å². The highest BCUT2D eigenvalue weighted by molar-refractivity contribution is 7.73. The van der Waals surface area contributed by atoms with Gasteiger partial charge in [-0.15, -0.1) is 6.58 Å². The highest BCUT2D eigenvalue weighted by atomic mass is 32.1. The summed E-state index contributed by atoms with van der Waals surface area (Å²) in [5.41, 5.74) is 1.76. The molecule has 0 aliphatic rings. The molecule has 0 atom stereocenters. The highest BCUT2D eigenvalue weighted by Gasteiger charge is 2.12. The first kappa shape index (κ1) is 15.3. The van der Waals surface area contributed by atoms with Gasteiger partial charge in [-0.25, -0.2) is 4.98 Å². The lowest BCUT2D eigenvalue weighted by atomic mass is 10.1. The van der Waals surface area contributed by atoms with Crippen LogP contribution < -0.4 is 5.56 Å². The van der Waals surface area contributed by atoms with Crippen molar-refractivity contribution in [3.05, 3.63) is 68.7 Å². The number of hydrogen-bond donors (Lipinski definition) is 0. The summed E-state index contributed by atoms with van der Waals surface area (Å²) in [5, 5.41) is 9.16. The molecule has 3 aromatic rings. The Balaban J connectivity index is 2.12. The van der Waals surface area contributed by atoms with Crippen molar-refractivity contribution in [2.75, 3.05) is 0 Å². The maximum Gasteiger partial charge on any atom is 0.273 e. The van der Waals surface area contributed by atoms with Gasteiger partial charge in [-0.2, -0.15) is 5.26 Å². The summed E-state index contributed by atoms with van der Waals surface area (Å²) in [7, 11) is 0. The number of aromatic nitrogens is 3. The minimum Gasteiger partial charge on any atom is -0.304 e. The zero-order chi connectivity index (χ0) is 16.4. The predicted molar refractivity (Wildman–Crippen MR) is 93.2 cm³/mol. The van der Waals surface area contributed by atoms with E-state index in [0.29, 0.717) is 33.0 Å². The Bertz CT molecular complexity index is 1050. The Morgan fingerprint density at radius 3 is 2.96 bits per heavy atom. The van der Waals surface area contributed by atoms with Gasteiger partial charge in [0.2, 0.25) is 0 Å². The van der Waals surface area contributed by atoms with Gasteiger partial charge in [-0.05, 0) is 23.8 Å². The van der Waals surface area contributed by atoms with E-state index in [1.165, 1.54) is 22.2 Å². The molecule has 0 N–H and O–H groups in total. The van der Waals surface area contributed by atoms with E-state index in [2.05, 4.69) is 17.6 Å². The zero-order valence-electron chi connectivity index (χ0n) is 12.1. The maximum absolute atomic E-state index is 12.7. The molecule has 0 fully saturated rings. The number of allylic oxidation sites excluding steroid dienone is 1. The number of benzene rings is 1. The molecule has 0 unspecified atom stereocenters. The molecule has 2 heterocycles. The molecule has 0 aliphatic heterocycles. The van der Waals surface area contributed by atoms with Gasteiger partial charge in [0.1, 0.15) is 11.0 Å². The summed E-state index contributed by atoms with van der Waals surface area (Å²) in [6.45, 7) is 4.52. The first-order valence-electron chi connectivity index (χ1n) is 6.83. The monoisotopic (exact) mass is 340 g/mol. The topological polar surface area (TPSA) is 63.6 Å². The Morgan fingerprint density at radius 1 is 1.43 bits per heavy atom. The van der Waals surface area contributed by atoms with Crippen LogP contribution in [-0.4, -0.2) is 14.1 Å². The van der Waals surface area contributed by atoms with Crippen molar-refractivity contribution in [2.45, 2.75) is 13.1 Å². The van der Waals surface area contributed by atoms with E-state index in [1.54, 1.807) is 22.8 Å². The molecule has 2 aromatic heterocycles. The van der Waals surface area contributed by atoms with Crippen LogP contribution in [0.5, 0.6) is 0 Å². The smallest absolute Gasteiger partial charge is 0.273 e. The van der Waals surface area contributed by atoms with Crippen LogP contribution in [0.15, 0.2) is 48.0 Å². The molecular formula is C16H12N4OS2. The number of hydrogen-bond acceptors (Lipinski definition) is 5. The Labute approximate surface area is 141 Å². The molecule has 0 aliphatic carbocycles. The van der Waals surface area contributed by atoms with Crippen LogP contribution in [0.1, 0.15) is 11.1 Å². The molecule has 0 amide bonds. The lowest BCUT2D eigenvalue weighted by Crippen LogP contribution is -2.21. The van der Waals surface area contributed by atoms with Crippen LogP contribution in [0.2, 0.25) is 0 Å². The summed E-state index contributed by atoms with van der Waals surface area (Å²) < 4.78 is 4.41. The number of thiazole rings is 1. The molecule has 0 spiro atoms. The number of rotatable bonds is 4. The van der Waals surface area contributed by atoms with Crippen LogP contribution >= 0.6 is 23.6 Å². The molecule has 5 nitrogen and oxygen atoms in total. The standard InChI is InChI=1S/C16H12N4OS2/c1-2-7-20-14-13(23-16(20)22)15(21)19(10-18-14)9-12-6-4-3-5-11(12)8-17/h2-6,10H,1,7,9H2. The van der Waals surface area contributed by atoms with E-state index in [0.717, 1.165) is 5.56 Å². The van der Waals surface area contributed by atoms with Crippen molar-refractivity contribution < 1.29 is 0 Å². The average molecular weight is 340 g/mol. The molecule has 0 saturated carbocycles. The quantitative estimate of drug-likeness (QED) is 0.541. The third kappa shape index (κ3) is 2.74. The fraction of sp³-hybridized carbons (Fsp3) is 0.125. The Kier molecular flexibility index (Phi) is 4.19. The van der Waals surface area contributed by atoms with Crippen molar-refractivity contribution in [1.82, 2.24) is 14.1 Å². The van der Waals surface area contributed by atoms with E-state index in [4.69, 9.17) is 17.5 Å². The van der Waals surface area contributed by atoms with Crippen LogP contribution in [0, 0.1) is 15.3 Å². The third-order valence-electron chi connectivity index (χ3n) is 3.43. The van der Waals surface area contributed by atoms with E-state index >= 15 is 0 Å². The summed E-state index contributed by atoms with van der Waals surface area (Å²) in [5.74, 6) is 0. The molecule has 114 valence electrons. The largest absolute Gasteiger partial charge is 0.304 e. The van der Waals surface area contributed by atoms with Crippen LogP contribution in [0.3, 0.4) is 0 Å². The molecule has 0 saturated heterocycles. The van der Waals surface area contributed by atoms with Crippen LogP contribution in [0.25, 0.3) is 10.3 Å². The first-order valence-corrected chi connectivity index (χ1v) is 8.06. The van der Waals surface area contributed by atoms with Gasteiger partial charge in [-0.1, -0.05) is 35.6 Å². The number of nitriles is 1. The molecule has 0 bridgehead atoms. The van der Waals surface area contributed by atoms with Gasteiger partial charge < -0.3 is 4.57 Å². The zero-order valence-corrected chi connectivity index (χ0v) is 13.7. The minimum absolute atomic E-state index is 0.151. The second kappa shape index (κ2) is 6.28. The van der Waals surface area contributed by atoms with Crippen LogP contribution in [-0.2, 0) is 13.1 Å². The summed E-state index contributed by atoms with van der Waals surface area (Å²) in [6.07, 6.45) is 3.22. The first-order chi connectivity index (χ1) is 11.2. The predicted octanol–water partition coefficient (Wildman–Crippen LogP) is 3.09. The SMILES string of the molecule is C=CCn1c(=S)sc2c(=O)n(Cc3ccccc3C#N)cnc21. The lowest BCUT2D eigenvalue weighted by molar-refractivity contribution is 0.740. The van der Waals surface area contributed by atoms with Gasteiger partial charge in [0.05, 0.1) is 18.2 Å². The van der Waals surface area contributed by atoms with Gasteiger partial charge in [0.15, 0.2) is 9.60 Å². The van der Waals surface area contributed by atoms with E-state index in [9.17, 15) is 4.79 Å². The van der Waals surface area contributed by atoms with Gasteiger partial charge in [0.25, 0.3) is 5.56 Å². The molecular weight excluding hydrogens is 328 g/mol. The molecule has 7 heteroatoms. The van der Waals surface area contributed by atoms with Crippen molar-refractivity contribution in [3.8, 4) is 6.07 Å². The van der Waals surface area contributed by atoms with Crippen LogP contribution in [0.4, 0.5) is 0 Å². The lowest BCUT2D eigenvalue weighted by Gasteiger charge is -2.07. The van der Waals surface area contributed by atoms with E-state index < -0.39 is 0 Å². The highest BCUT2D eigenvalue weighted by Crippen LogP contribution is 2.18. The maximum atomic E-state index is 12.7. The normalized spacial score (nSPS) is 10.6. The number of nitrogens with zero attached hydrogens (tertiary/aromatic N) is 4. The van der Waals surface area contributed by atoms with Gasteiger partial charge in [0, 0.05) is 6.54 Å². The number of fused-ring (bicyclic) bond motifs is 1. The summed E-state index contributed by atoms with van der Waals surface area (Å²) >= 11 is 6.54. The van der Waals surface area contributed by atoms with Crippen molar-refractivity contribution in [3.63, 3.8) is 0 Å². The molecule has 1 aromatic carbocycles. The average Bonchev–Trinajstić information content (AvgIpc) is 2.88. The fourth-order valence-electron chi connectivity index (χ4n) is 2.33. The van der Waals surface area contributed by atoms with Gasteiger partial charge in [-0.3, -0.25) is 9.36 Å². The summed E-state index contributed by atoms with van der Waals surface area (Å²) in [4.78, 5) is 17.0. The minimum atomic E-state index is -0.151. The molecule has 0 radical (unpaired) electrons. The van der Waals surface area contributed by atoms with E-state index in [1.807, 2.05) is 12.1 Å². The molecule has 23 heavy (non-hydrogen) atoms. The third-order valence-corrected chi connectivity index (χ3v) is 4.86. The van der Waals surface area contributed by atoms with Gasteiger partial charge >= 0.3 is 0 Å².